The fourth-order valence-corrected chi connectivity index (χ4v) is 3.18. The van der Waals surface area contributed by atoms with Crippen LogP contribution in [-0.4, -0.2) is 47.7 Å². The normalized spacial score (nSPS) is 18.7. The van der Waals surface area contributed by atoms with Gasteiger partial charge in [-0.05, 0) is 48.5 Å². The minimum absolute atomic E-state index is 0.222. The maximum Gasteiger partial charge on any atom is 0.426 e. The van der Waals surface area contributed by atoms with Gasteiger partial charge in [-0.1, -0.05) is 0 Å². The maximum atomic E-state index is 13.9. The van der Waals surface area contributed by atoms with Gasteiger partial charge in [-0.25, -0.2) is 13.8 Å². The SMILES string of the molecule is CN1C(c2ccc(F)cc2)=NC(C(F)(F)F)(C(F)(F)F)C1NC(=O)c1ccc(F)cc1. The van der Waals surface area contributed by atoms with Gasteiger partial charge in [0.15, 0.2) is 0 Å². The minimum atomic E-state index is -5.96. The lowest BCUT2D eigenvalue weighted by atomic mass is 9.94. The van der Waals surface area contributed by atoms with Gasteiger partial charge in [-0.15, -0.1) is 0 Å². The molecule has 31 heavy (non-hydrogen) atoms. The molecule has 0 aromatic heterocycles. The molecule has 166 valence electrons. The molecule has 0 spiro atoms. The Bertz CT molecular complexity index is 983. The zero-order chi connectivity index (χ0) is 23.2. The number of hydrogen-bond donors (Lipinski definition) is 1. The van der Waals surface area contributed by atoms with E-state index in [0.29, 0.717) is 4.90 Å². The smallest absolute Gasteiger partial charge is 0.336 e. The highest BCUT2D eigenvalue weighted by Crippen LogP contribution is 2.51. The van der Waals surface area contributed by atoms with Crippen LogP contribution in [0.5, 0.6) is 0 Å². The number of aliphatic imine (C=N–C) groups is 1. The van der Waals surface area contributed by atoms with E-state index < -0.39 is 47.4 Å². The van der Waals surface area contributed by atoms with Crippen LogP contribution in [-0.2, 0) is 0 Å². The monoisotopic (exact) mass is 451 g/mol. The molecule has 2 aromatic rings. The second kappa shape index (κ2) is 7.50. The Morgan fingerprint density at radius 2 is 1.35 bits per heavy atom. The zero-order valence-electron chi connectivity index (χ0n) is 15.5. The Hall–Kier alpha value is -3.18. The molecule has 1 N–H and O–H groups in total. The Morgan fingerprint density at radius 3 is 1.81 bits per heavy atom. The molecule has 1 unspecified atom stereocenters. The highest BCUT2D eigenvalue weighted by Gasteiger charge is 2.78. The van der Waals surface area contributed by atoms with Crippen molar-refractivity contribution in [1.82, 2.24) is 10.2 Å². The molecule has 0 radical (unpaired) electrons. The molecular formula is C19H13F8N3O. The average Bonchev–Trinajstić information content (AvgIpc) is 2.96. The molecule has 0 bridgehead atoms. The van der Waals surface area contributed by atoms with Crippen LogP contribution in [0, 0.1) is 11.6 Å². The van der Waals surface area contributed by atoms with Crippen molar-refractivity contribution in [3.63, 3.8) is 0 Å². The third kappa shape index (κ3) is 3.81. The van der Waals surface area contributed by atoms with Crippen molar-refractivity contribution in [1.29, 1.82) is 0 Å². The van der Waals surface area contributed by atoms with Crippen LogP contribution in [0.2, 0.25) is 0 Å². The number of amidine groups is 1. The lowest BCUT2D eigenvalue weighted by Gasteiger charge is -2.38. The Morgan fingerprint density at radius 1 is 0.903 bits per heavy atom. The Labute approximate surface area is 170 Å². The van der Waals surface area contributed by atoms with Crippen LogP contribution in [0.3, 0.4) is 0 Å². The van der Waals surface area contributed by atoms with Crippen LogP contribution in [0.15, 0.2) is 53.5 Å². The van der Waals surface area contributed by atoms with Crippen molar-refractivity contribution in [2.24, 2.45) is 4.99 Å². The molecule has 1 aliphatic heterocycles. The summed E-state index contributed by atoms with van der Waals surface area (Å²) in [4.78, 5) is 15.9. The minimum Gasteiger partial charge on any atom is -0.336 e. The number of hydrogen-bond acceptors (Lipinski definition) is 3. The summed E-state index contributed by atoms with van der Waals surface area (Å²) in [6, 6.07) is 7.09. The molecule has 0 fully saturated rings. The van der Waals surface area contributed by atoms with Gasteiger partial charge in [0, 0.05) is 18.2 Å². The van der Waals surface area contributed by atoms with Crippen molar-refractivity contribution < 1.29 is 39.9 Å². The number of likely N-dealkylation sites (N-methyl/N-ethyl adjacent to an activating group) is 1. The van der Waals surface area contributed by atoms with E-state index in [1.807, 2.05) is 0 Å². The Kier molecular flexibility index (Phi) is 5.45. The highest BCUT2D eigenvalue weighted by atomic mass is 19.4. The summed E-state index contributed by atoms with van der Waals surface area (Å²) in [5.74, 6) is -3.57. The van der Waals surface area contributed by atoms with E-state index in [9.17, 15) is 39.9 Å². The van der Waals surface area contributed by atoms with Gasteiger partial charge < -0.3 is 10.2 Å². The van der Waals surface area contributed by atoms with E-state index >= 15 is 0 Å². The average molecular weight is 451 g/mol. The van der Waals surface area contributed by atoms with Crippen molar-refractivity contribution in [3.8, 4) is 0 Å². The number of carbonyl (C=O) groups excluding carboxylic acids is 1. The maximum absolute atomic E-state index is 13.9. The predicted molar refractivity (Wildman–Crippen MR) is 93.2 cm³/mol. The molecule has 1 atom stereocenters. The summed E-state index contributed by atoms with van der Waals surface area (Å²) in [5.41, 5.74) is -5.28. The standard InChI is InChI=1S/C19H13F8N3O/c1-30-14(10-2-6-12(20)7-3-10)29-17(18(22,23)24,19(25,26)27)16(30)28-15(31)11-4-8-13(21)9-5-11/h2-9,16H,1H3,(H,28,31). The van der Waals surface area contributed by atoms with Gasteiger partial charge >= 0.3 is 12.4 Å². The fraction of sp³-hybridized carbons (Fsp3) is 0.263. The Balaban J connectivity index is 2.12. The molecule has 3 rings (SSSR count). The van der Waals surface area contributed by atoms with E-state index in [0.717, 1.165) is 55.6 Å². The molecule has 1 aliphatic rings. The van der Waals surface area contributed by atoms with Gasteiger partial charge in [-0.2, -0.15) is 26.3 Å². The first-order valence-corrected chi connectivity index (χ1v) is 8.56. The van der Waals surface area contributed by atoms with Gasteiger partial charge in [0.1, 0.15) is 23.6 Å². The second-order valence-electron chi connectivity index (χ2n) is 6.70. The lowest BCUT2D eigenvalue weighted by Crippen LogP contribution is -2.68. The van der Waals surface area contributed by atoms with E-state index in [-0.39, 0.29) is 11.1 Å². The topological polar surface area (TPSA) is 44.7 Å². The summed E-state index contributed by atoms with van der Waals surface area (Å²) < 4.78 is 109. The van der Waals surface area contributed by atoms with Crippen LogP contribution in [0.1, 0.15) is 15.9 Å². The van der Waals surface area contributed by atoms with Crippen LogP contribution in [0.25, 0.3) is 0 Å². The first-order chi connectivity index (χ1) is 14.3. The number of carbonyl (C=O) groups is 1. The van der Waals surface area contributed by atoms with E-state index in [1.165, 1.54) is 0 Å². The fourth-order valence-electron chi connectivity index (χ4n) is 3.18. The molecule has 0 saturated heterocycles. The van der Waals surface area contributed by atoms with Crippen LogP contribution < -0.4 is 5.32 Å². The molecule has 1 amide bonds. The number of rotatable bonds is 3. The first kappa shape index (κ1) is 22.5. The van der Waals surface area contributed by atoms with E-state index in [4.69, 9.17) is 0 Å². The van der Waals surface area contributed by atoms with Gasteiger partial charge in [0.05, 0.1) is 0 Å². The van der Waals surface area contributed by atoms with Crippen molar-refractivity contribution in [2.45, 2.75) is 24.1 Å². The molecule has 4 nitrogen and oxygen atoms in total. The number of nitrogens with zero attached hydrogens (tertiary/aromatic N) is 2. The zero-order valence-corrected chi connectivity index (χ0v) is 15.5. The molecule has 2 aromatic carbocycles. The van der Waals surface area contributed by atoms with Crippen molar-refractivity contribution in [2.75, 3.05) is 7.05 Å². The summed E-state index contributed by atoms with van der Waals surface area (Å²) in [7, 11) is 0.886. The number of benzene rings is 2. The molecule has 0 saturated carbocycles. The molecule has 0 aliphatic carbocycles. The molecular weight excluding hydrogens is 438 g/mol. The van der Waals surface area contributed by atoms with Crippen molar-refractivity contribution >= 4 is 11.7 Å². The molecule has 1 heterocycles. The van der Waals surface area contributed by atoms with Gasteiger partial charge in [0.25, 0.3) is 11.4 Å². The highest BCUT2D eigenvalue weighted by molar-refractivity contribution is 6.02. The summed E-state index contributed by atoms with van der Waals surface area (Å²) in [6.07, 6.45) is -14.6. The first-order valence-electron chi connectivity index (χ1n) is 8.56. The van der Waals surface area contributed by atoms with E-state index in [2.05, 4.69) is 4.99 Å². The van der Waals surface area contributed by atoms with Crippen LogP contribution in [0.4, 0.5) is 35.1 Å². The van der Waals surface area contributed by atoms with Gasteiger partial charge in [-0.3, -0.25) is 4.79 Å². The number of nitrogens with one attached hydrogen (secondary N) is 1. The largest absolute Gasteiger partial charge is 0.426 e. The predicted octanol–water partition coefficient (Wildman–Crippen LogP) is 4.28. The summed E-state index contributed by atoms with van der Waals surface area (Å²) >= 11 is 0. The van der Waals surface area contributed by atoms with E-state index in [1.54, 1.807) is 5.32 Å². The lowest BCUT2D eigenvalue weighted by molar-refractivity contribution is -0.304. The quantitative estimate of drug-likeness (QED) is 0.709. The molecule has 12 heteroatoms. The van der Waals surface area contributed by atoms with Crippen LogP contribution >= 0.6 is 0 Å². The second-order valence-corrected chi connectivity index (χ2v) is 6.70. The third-order valence-corrected chi connectivity index (χ3v) is 4.74. The number of amides is 1. The van der Waals surface area contributed by atoms with Gasteiger partial charge in [0.2, 0.25) is 0 Å². The number of halogens is 8. The summed E-state index contributed by atoms with van der Waals surface area (Å²) in [5, 5.41) is 1.72. The number of alkyl halides is 6. The van der Waals surface area contributed by atoms with Crippen molar-refractivity contribution in [3.05, 3.63) is 71.3 Å². The third-order valence-electron chi connectivity index (χ3n) is 4.74. The summed E-state index contributed by atoms with van der Waals surface area (Å²) in [6.45, 7) is 0.